The Morgan fingerprint density at radius 1 is 1.43 bits per heavy atom. The highest BCUT2D eigenvalue weighted by Crippen LogP contribution is 2.22. The van der Waals surface area contributed by atoms with Crippen LogP contribution in [0.5, 0.6) is 0 Å². The molecule has 6 heteroatoms. The van der Waals surface area contributed by atoms with Gasteiger partial charge in [-0.15, -0.1) is 0 Å². The Kier molecular flexibility index (Phi) is 6.30. The van der Waals surface area contributed by atoms with E-state index in [2.05, 4.69) is 19.2 Å². The molecule has 21 heavy (non-hydrogen) atoms. The zero-order chi connectivity index (χ0) is 16.0. The number of carboxylic acid groups (broad SMARTS) is 1. The van der Waals surface area contributed by atoms with Gasteiger partial charge >= 0.3 is 5.97 Å². The lowest BCUT2D eigenvalue weighted by Gasteiger charge is -2.18. The number of benzene rings is 1. The summed E-state index contributed by atoms with van der Waals surface area (Å²) in [6.45, 7) is 6.62. The molecule has 2 N–H and O–H groups in total. The average Bonchev–Trinajstić information content (AvgIpc) is 2.44. The normalized spacial score (nSPS) is 13.7. The van der Waals surface area contributed by atoms with Crippen molar-refractivity contribution < 1.29 is 14.8 Å². The second kappa shape index (κ2) is 7.73. The summed E-state index contributed by atoms with van der Waals surface area (Å²) < 4.78 is 0. The summed E-state index contributed by atoms with van der Waals surface area (Å²) in [6.07, 6.45) is 2.07. The lowest BCUT2D eigenvalue weighted by Crippen LogP contribution is -2.28. The molecule has 2 atom stereocenters. The van der Waals surface area contributed by atoms with Crippen LogP contribution in [0.15, 0.2) is 18.2 Å². The number of nitro benzene ring substituents is 1. The Labute approximate surface area is 124 Å². The van der Waals surface area contributed by atoms with Gasteiger partial charge in [0.05, 0.1) is 4.92 Å². The third-order valence-corrected chi connectivity index (χ3v) is 3.63. The number of hydrogen-bond donors (Lipinski definition) is 2. The molecule has 0 amide bonds. The standard InChI is InChI=1S/C15H22N2O4/c1-4-10(2)8-11(3)16-9-12-6-5-7-13(17(20)21)14(12)15(18)19/h5-7,10-11,16H,4,8-9H2,1-3H3,(H,18,19). The third kappa shape index (κ3) is 4.82. The predicted octanol–water partition coefficient (Wildman–Crippen LogP) is 3.21. The van der Waals surface area contributed by atoms with Crippen LogP contribution in [0.1, 0.15) is 49.5 Å². The topological polar surface area (TPSA) is 92.5 Å². The molecule has 0 aliphatic carbocycles. The van der Waals surface area contributed by atoms with Gasteiger partial charge in [-0.2, -0.15) is 0 Å². The number of nitro groups is 1. The van der Waals surface area contributed by atoms with Gasteiger partial charge in [0.1, 0.15) is 5.56 Å². The minimum Gasteiger partial charge on any atom is -0.477 e. The summed E-state index contributed by atoms with van der Waals surface area (Å²) in [6, 6.07) is 4.57. The van der Waals surface area contributed by atoms with Crippen LogP contribution >= 0.6 is 0 Å². The lowest BCUT2D eigenvalue weighted by molar-refractivity contribution is -0.385. The SMILES string of the molecule is CCC(C)CC(C)NCc1cccc([N+](=O)[O-])c1C(=O)O. The van der Waals surface area contributed by atoms with Gasteiger partial charge in [-0.3, -0.25) is 10.1 Å². The van der Waals surface area contributed by atoms with Crippen LogP contribution in [0.4, 0.5) is 5.69 Å². The number of rotatable bonds is 8. The lowest BCUT2D eigenvalue weighted by atomic mass is 9.99. The Morgan fingerprint density at radius 2 is 2.10 bits per heavy atom. The van der Waals surface area contributed by atoms with Crippen molar-refractivity contribution in [2.24, 2.45) is 5.92 Å². The number of aromatic carboxylic acids is 1. The summed E-state index contributed by atoms with van der Waals surface area (Å²) in [5, 5.41) is 23.4. The van der Waals surface area contributed by atoms with Gasteiger partial charge in [-0.05, 0) is 24.8 Å². The summed E-state index contributed by atoms with van der Waals surface area (Å²) in [4.78, 5) is 21.5. The van der Waals surface area contributed by atoms with Gasteiger partial charge in [-0.25, -0.2) is 4.79 Å². The van der Waals surface area contributed by atoms with Crippen LogP contribution in [0.3, 0.4) is 0 Å². The predicted molar refractivity (Wildman–Crippen MR) is 80.4 cm³/mol. The smallest absolute Gasteiger partial charge is 0.343 e. The van der Waals surface area contributed by atoms with E-state index in [1.807, 2.05) is 6.92 Å². The highest BCUT2D eigenvalue weighted by molar-refractivity contribution is 5.94. The van der Waals surface area contributed by atoms with Crippen LogP contribution in [0.2, 0.25) is 0 Å². The van der Waals surface area contributed by atoms with E-state index in [1.54, 1.807) is 6.07 Å². The molecule has 0 heterocycles. The zero-order valence-electron chi connectivity index (χ0n) is 12.6. The van der Waals surface area contributed by atoms with E-state index in [9.17, 15) is 20.0 Å². The molecule has 0 aliphatic rings. The quantitative estimate of drug-likeness (QED) is 0.567. The van der Waals surface area contributed by atoms with Crippen molar-refractivity contribution in [3.63, 3.8) is 0 Å². The largest absolute Gasteiger partial charge is 0.477 e. The molecule has 116 valence electrons. The van der Waals surface area contributed by atoms with Crippen LogP contribution in [0.25, 0.3) is 0 Å². The van der Waals surface area contributed by atoms with Gasteiger partial charge in [-0.1, -0.05) is 32.4 Å². The maximum atomic E-state index is 11.3. The van der Waals surface area contributed by atoms with Crippen LogP contribution in [-0.4, -0.2) is 22.0 Å². The maximum absolute atomic E-state index is 11.3. The molecule has 0 fully saturated rings. The van der Waals surface area contributed by atoms with Crippen molar-refractivity contribution in [2.75, 3.05) is 0 Å². The van der Waals surface area contributed by atoms with Gasteiger partial charge in [0.2, 0.25) is 0 Å². The first-order valence-electron chi connectivity index (χ1n) is 7.09. The first-order valence-corrected chi connectivity index (χ1v) is 7.09. The minimum atomic E-state index is -1.27. The zero-order valence-corrected chi connectivity index (χ0v) is 12.6. The molecular formula is C15H22N2O4. The average molecular weight is 294 g/mol. The maximum Gasteiger partial charge on any atom is 0.343 e. The van der Waals surface area contributed by atoms with E-state index in [-0.39, 0.29) is 17.3 Å². The van der Waals surface area contributed by atoms with Crippen molar-refractivity contribution in [2.45, 2.75) is 46.2 Å². The second-order valence-corrected chi connectivity index (χ2v) is 5.40. The summed E-state index contributed by atoms with van der Waals surface area (Å²) in [5.41, 5.74) is -0.158. The van der Waals surface area contributed by atoms with Crippen molar-refractivity contribution >= 4 is 11.7 Å². The molecule has 6 nitrogen and oxygen atoms in total. The van der Waals surface area contributed by atoms with E-state index in [1.165, 1.54) is 12.1 Å². The molecule has 1 rings (SSSR count). The van der Waals surface area contributed by atoms with E-state index in [0.717, 1.165) is 12.8 Å². The molecule has 2 unspecified atom stereocenters. The highest BCUT2D eigenvalue weighted by Gasteiger charge is 2.23. The van der Waals surface area contributed by atoms with Crippen LogP contribution in [-0.2, 0) is 6.54 Å². The molecule has 1 aromatic carbocycles. The molecular weight excluding hydrogens is 272 g/mol. The monoisotopic (exact) mass is 294 g/mol. The fourth-order valence-corrected chi connectivity index (χ4v) is 2.27. The van der Waals surface area contributed by atoms with Crippen molar-refractivity contribution in [3.8, 4) is 0 Å². The van der Waals surface area contributed by atoms with Gasteiger partial charge in [0, 0.05) is 18.7 Å². The van der Waals surface area contributed by atoms with Gasteiger partial charge < -0.3 is 10.4 Å². The van der Waals surface area contributed by atoms with E-state index in [4.69, 9.17) is 0 Å². The first-order chi connectivity index (χ1) is 9.86. The van der Waals surface area contributed by atoms with Crippen LogP contribution < -0.4 is 5.32 Å². The number of carboxylic acids is 1. The summed E-state index contributed by atoms with van der Waals surface area (Å²) >= 11 is 0. The van der Waals surface area contributed by atoms with Gasteiger partial charge in [0.25, 0.3) is 5.69 Å². The molecule has 0 radical (unpaired) electrons. The van der Waals surface area contributed by atoms with Gasteiger partial charge in [0.15, 0.2) is 0 Å². The van der Waals surface area contributed by atoms with Crippen molar-refractivity contribution in [1.82, 2.24) is 5.32 Å². The Bertz CT molecular complexity index is 516. The number of nitrogens with zero attached hydrogens (tertiary/aromatic N) is 1. The first kappa shape index (κ1) is 17.1. The summed E-state index contributed by atoms with van der Waals surface area (Å²) in [5.74, 6) is -0.690. The Balaban J connectivity index is 2.86. The molecule has 0 bridgehead atoms. The van der Waals surface area contributed by atoms with E-state index < -0.39 is 10.9 Å². The van der Waals surface area contributed by atoms with Crippen LogP contribution in [0, 0.1) is 16.0 Å². The summed E-state index contributed by atoms with van der Waals surface area (Å²) in [7, 11) is 0. The highest BCUT2D eigenvalue weighted by atomic mass is 16.6. The van der Waals surface area contributed by atoms with Crippen molar-refractivity contribution in [3.05, 3.63) is 39.4 Å². The second-order valence-electron chi connectivity index (χ2n) is 5.40. The third-order valence-electron chi connectivity index (χ3n) is 3.63. The van der Waals surface area contributed by atoms with Crippen molar-refractivity contribution in [1.29, 1.82) is 0 Å². The minimum absolute atomic E-state index is 0.223. The Morgan fingerprint density at radius 3 is 2.62 bits per heavy atom. The van der Waals surface area contributed by atoms with E-state index >= 15 is 0 Å². The molecule has 0 spiro atoms. The molecule has 1 aromatic rings. The molecule has 0 aromatic heterocycles. The molecule has 0 saturated heterocycles. The number of hydrogen-bond acceptors (Lipinski definition) is 4. The Hall–Kier alpha value is -1.95. The number of nitrogens with one attached hydrogen (secondary N) is 1. The number of carbonyl (C=O) groups is 1. The molecule has 0 aliphatic heterocycles. The fourth-order valence-electron chi connectivity index (χ4n) is 2.27. The van der Waals surface area contributed by atoms with E-state index in [0.29, 0.717) is 18.0 Å². The molecule has 0 saturated carbocycles. The fraction of sp³-hybridized carbons (Fsp3) is 0.533.